The molecule has 1 aliphatic carbocycles. The average Bonchev–Trinajstić information content (AvgIpc) is 2.92. The van der Waals surface area contributed by atoms with E-state index in [0.717, 1.165) is 25.6 Å². The van der Waals surface area contributed by atoms with Gasteiger partial charge in [-0.1, -0.05) is 0 Å². The molecule has 0 amide bonds. The van der Waals surface area contributed by atoms with Crippen molar-refractivity contribution in [2.24, 2.45) is 0 Å². The lowest BCUT2D eigenvalue weighted by Gasteiger charge is -2.08. The monoisotopic (exact) mass is 194 g/mol. The Bertz CT molecular complexity index is 279. The van der Waals surface area contributed by atoms with Crippen molar-refractivity contribution >= 4 is 0 Å². The third-order valence-corrected chi connectivity index (χ3v) is 2.63. The molecule has 78 valence electrons. The second kappa shape index (κ2) is 4.62. The highest BCUT2D eigenvalue weighted by Crippen LogP contribution is 2.19. The smallest absolute Gasteiger partial charge is 0.0448 e. The van der Waals surface area contributed by atoms with Crippen molar-refractivity contribution in [3.05, 3.63) is 24.0 Å². The molecule has 1 fully saturated rings. The average molecular weight is 194 g/mol. The molecule has 2 N–H and O–H groups in total. The molecule has 0 spiro atoms. The van der Waals surface area contributed by atoms with E-state index in [1.807, 2.05) is 0 Å². The lowest BCUT2D eigenvalue weighted by Crippen LogP contribution is -2.18. The Morgan fingerprint density at radius 1 is 1.50 bits per heavy atom. The number of hydrogen-bond acceptors (Lipinski definition) is 2. The van der Waals surface area contributed by atoms with E-state index in [1.54, 1.807) is 0 Å². The van der Waals surface area contributed by atoms with E-state index in [-0.39, 0.29) is 6.61 Å². The van der Waals surface area contributed by atoms with Crippen molar-refractivity contribution < 1.29 is 5.11 Å². The molecule has 3 nitrogen and oxygen atoms in total. The first kappa shape index (κ1) is 9.74. The molecule has 1 saturated carbocycles. The summed E-state index contributed by atoms with van der Waals surface area (Å²) >= 11 is 0. The van der Waals surface area contributed by atoms with E-state index in [1.165, 1.54) is 18.5 Å². The maximum atomic E-state index is 8.76. The molecular formula is C11H18N2O. The molecule has 0 radical (unpaired) electrons. The SMILES string of the molecule is OCCCn1cccc1CNC1CC1. The van der Waals surface area contributed by atoms with Crippen LogP contribution in [0.2, 0.25) is 0 Å². The van der Waals surface area contributed by atoms with Gasteiger partial charge in [0.25, 0.3) is 0 Å². The fourth-order valence-electron chi connectivity index (χ4n) is 1.61. The van der Waals surface area contributed by atoms with Gasteiger partial charge in [0.2, 0.25) is 0 Å². The molecule has 0 atom stereocenters. The van der Waals surface area contributed by atoms with E-state index in [0.29, 0.717) is 0 Å². The fourth-order valence-corrected chi connectivity index (χ4v) is 1.61. The number of aryl methyl sites for hydroxylation is 1. The molecule has 0 aliphatic heterocycles. The van der Waals surface area contributed by atoms with Crippen LogP contribution in [0, 0.1) is 0 Å². The van der Waals surface area contributed by atoms with Gasteiger partial charge >= 0.3 is 0 Å². The number of aromatic nitrogens is 1. The van der Waals surface area contributed by atoms with Crippen molar-refractivity contribution in [1.29, 1.82) is 0 Å². The summed E-state index contributed by atoms with van der Waals surface area (Å²) in [5.74, 6) is 0. The molecule has 1 heterocycles. The predicted octanol–water partition coefficient (Wildman–Crippen LogP) is 1.12. The zero-order valence-corrected chi connectivity index (χ0v) is 8.45. The molecule has 0 aromatic carbocycles. The van der Waals surface area contributed by atoms with Crippen LogP contribution in [0.5, 0.6) is 0 Å². The zero-order valence-electron chi connectivity index (χ0n) is 8.45. The van der Waals surface area contributed by atoms with E-state index < -0.39 is 0 Å². The Morgan fingerprint density at radius 2 is 2.36 bits per heavy atom. The minimum atomic E-state index is 0.272. The zero-order chi connectivity index (χ0) is 9.80. The second-order valence-electron chi connectivity index (χ2n) is 3.93. The first-order valence-corrected chi connectivity index (χ1v) is 5.38. The van der Waals surface area contributed by atoms with Crippen LogP contribution in [0.3, 0.4) is 0 Å². The summed E-state index contributed by atoms with van der Waals surface area (Å²) in [4.78, 5) is 0. The topological polar surface area (TPSA) is 37.2 Å². The number of nitrogens with one attached hydrogen (secondary N) is 1. The quantitative estimate of drug-likeness (QED) is 0.712. The van der Waals surface area contributed by atoms with E-state index >= 15 is 0 Å². The number of rotatable bonds is 6. The van der Waals surface area contributed by atoms with Crippen LogP contribution in [0.1, 0.15) is 25.0 Å². The molecule has 1 aliphatic rings. The Labute approximate surface area is 84.7 Å². The number of nitrogens with zero attached hydrogens (tertiary/aromatic N) is 1. The van der Waals surface area contributed by atoms with Crippen LogP contribution >= 0.6 is 0 Å². The third kappa shape index (κ3) is 2.59. The van der Waals surface area contributed by atoms with Gasteiger partial charge in [0, 0.05) is 37.6 Å². The Kier molecular flexibility index (Phi) is 3.22. The highest BCUT2D eigenvalue weighted by atomic mass is 16.3. The Hall–Kier alpha value is -0.800. The fraction of sp³-hybridized carbons (Fsp3) is 0.636. The van der Waals surface area contributed by atoms with Gasteiger partial charge in [-0.05, 0) is 31.4 Å². The maximum absolute atomic E-state index is 8.76. The van der Waals surface area contributed by atoms with Gasteiger partial charge in [0.15, 0.2) is 0 Å². The first-order chi connectivity index (χ1) is 6.90. The van der Waals surface area contributed by atoms with Crippen molar-refractivity contribution in [3.63, 3.8) is 0 Å². The molecule has 2 rings (SSSR count). The van der Waals surface area contributed by atoms with Crippen LogP contribution in [-0.2, 0) is 13.1 Å². The summed E-state index contributed by atoms with van der Waals surface area (Å²) in [6.07, 6.45) is 5.58. The van der Waals surface area contributed by atoms with Gasteiger partial charge in [-0.3, -0.25) is 0 Å². The van der Waals surface area contributed by atoms with E-state index in [4.69, 9.17) is 5.11 Å². The number of aliphatic hydroxyl groups is 1. The van der Waals surface area contributed by atoms with Crippen LogP contribution < -0.4 is 5.32 Å². The lowest BCUT2D eigenvalue weighted by atomic mass is 10.4. The van der Waals surface area contributed by atoms with E-state index in [9.17, 15) is 0 Å². The van der Waals surface area contributed by atoms with Crippen molar-refractivity contribution in [2.75, 3.05) is 6.61 Å². The Balaban J connectivity index is 1.83. The van der Waals surface area contributed by atoms with Crippen LogP contribution in [0.25, 0.3) is 0 Å². The standard InChI is InChI=1S/C11H18N2O/c14-8-2-7-13-6-1-3-11(13)9-12-10-4-5-10/h1,3,6,10,12,14H,2,4-5,7-9H2. The van der Waals surface area contributed by atoms with Crippen molar-refractivity contribution in [1.82, 2.24) is 9.88 Å². The van der Waals surface area contributed by atoms with Gasteiger partial charge in [-0.2, -0.15) is 0 Å². The number of hydrogen-bond donors (Lipinski definition) is 2. The molecule has 3 heteroatoms. The molecule has 0 unspecified atom stereocenters. The van der Waals surface area contributed by atoms with Crippen molar-refractivity contribution in [2.45, 2.75) is 38.4 Å². The normalized spacial score (nSPS) is 16.1. The summed E-state index contributed by atoms with van der Waals surface area (Å²) < 4.78 is 2.21. The molecule has 0 bridgehead atoms. The predicted molar refractivity (Wildman–Crippen MR) is 56.0 cm³/mol. The van der Waals surface area contributed by atoms with Gasteiger partial charge in [-0.25, -0.2) is 0 Å². The molecule has 1 aromatic rings. The maximum Gasteiger partial charge on any atom is 0.0448 e. The van der Waals surface area contributed by atoms with Crippen molar-refractivity contribution in [3.8, 4) is 0 Å². The minimum absolute atomic E-state index is 0.272. The largest absolute Gasteiger partial charge is 0.396 e. The number of aliphatic hydroxyl groups excluding tert-OH is 1. The van der Waals surface area contributed by atoms with Crippen LogP contribution in [0.4, 0.5) is 0 Å². The summed E-state index contributed by atoms with van der Waals surface area (Å²) in [5, 5.41) is 12.2. The first-order valence-electron chi connectivity index (χ1n) is 5.38. The highest BCUT2D eigenvalue weighted by Gasteiger charge is 2.20. The lowest BCUT2D eigenvalue weighted by molar-refractivity contribution is 0.279. The third-order valence-electron chi connectivity index (χ3n) is 2.63. The van der Waals surface area contributed by atoms with Crippen LogP contribution in [-0.4, -0.2) is 22.3 Å². The van der Waals surface area contributed by atoms with Gasteiger partial charge in [0.05, 0.1) is 0 Å². The molecule has 0 saturated heterocycles. The molecule has 1 aromatic heterocycles. The van der Waals surface area contributed by atoms with Crippen LogP contribution in [0.15, 0.2) is 18.3 Å². The summed E-state index contributed by atoms with van der Waals surface area (Å²) in [5.41, 5.74) is 1.32. The Morgan fingerprint density at radius 3 is 3.07 bits per heavy atom. The molecular weight excluding hydrogens is 176 g/mol. The van der Waals surface area contributed by atoms with Gasteiger partial charge < -0.3 is 15.0 Å². The second-order valence-corrected chi connectivity index (χ2v) is 3.93. The summed E-state index contributed by atoms with van der Waals surface area (Å²) in [7, 11) is 0. The molecule has 14 heavy (non-hydrogen) atoms. The summed E-state index contributed by atoms with van der Waals surface area (Å²) in [6, 6.07) is 4.98. The minimum Gasteiger partial charge on any atom is -0.396 e. The van der Waals surface area contributed by atoms with E-state index in [2.05, 4.69) is 28.2 Å². The summed E-state index contributed by atoms with van der Waals surface area (Å²) in [6.45, 7) is 2.15. The highest BCUT2D eigenvalue weighted by molar-refractivity contribution is 5.07. The van der Waals surface area contributed by atoms with Gasteiger partial charge in [-0.15, -0.1) is 0 Å². The van der Waals surface area contributed by atoms with Gasteiger partial charge in [0.1, 0.15) is 0 Å².